The summed E-state index contributed by atoms with van der Waals surface area (Å²) in [5.74, 6) is 1.38. The zero-order chi connectivity index (χ0) is 16.9. The second-order valence-electron chi connectivity index (χ2n) is 5.85. The third-order valence-corrected chi connectivity index (χ3v) is 5.02. The third kappa shape index (κ3) is 4.17. The molecule has 0 saturated heterocycles. The molecule has 1 amide bonds. The minimum Gasteiger partial charge on any atom is -0.351 e. The number of rotatable bonds is 6. The number of hydrogen-bond donors (Lipinski definition) is 2. The van der Waals surface area contributed by atoms with E-state index in [2.05, 4.69) is 41.3 Å². The summed E-state index contributed by atoms with van der Waals surface area (Å²) < 4.78 is 0. The normalized spacial score (nSPS) is 12.2. The van der Waals surface area contributed by atoms with Crippen LogP contribution >= 0.6 is 11.8 Å². The van der Waals surface area contributed by atoms with Gasteiger partial charge in [-0.15, -0.1) is 11.8 Å². The highest BCUT2D eigenvalue weighted by Crippen LogP contribution is 2.27. The van der Waals surface area contributed by atoms with E-state index in [9.17, 15) is 4.79 Å². The van der Waals surface area contributed by atoms with Crippen LogP contribution < -0.4 is 5.32 Å². The highest BCUT2D eigenvalue weighted by atomic mass is 32.2. The van der Waals surface area contributed by atoms with Gasteiger partial charge in [-0.25, -0.2) is 4.98 Å². The fourth-order valence-corrected chi connectivity index (χ4v) is 3.18. The molecule has 0 aliphatic carbocycles. The lowest BCUT2D eigenvalue weighted by Gasteiger charge is -2.09. The molecular formula is C19H21N3OS. The lowest BCUT2D eigenvalue weighted by Crippen LogP contribution is -2.24. The Hall–Kier alpha value is -2.27. The number of benzene rings is 2. The Morgan fingerprint density at radius 2 is 1.96 bits per heavy atom. The van der Waals surface area contributed by atoms with Gasteiger partial charge in [-0.2, -0.15) is 0 Å². The first-order chi connectivity index (χ1) is 11.6. The number of aromatic nitrogens is 2. The van der Waals surface area contributed by atoms with Crippen LogP contribution in [0.4, 0.5) is 0 Å². The van der Waals surface area contributed by atoms with Crippen molar-refractivity contribution < 1.29 is 4.79 Å². The Bertz CT molecular complexity index is 793. The maximum atomic E-state index is 12.0. The van der Waals surface area contributed by atoms with Crippen LogP contribution in [0.25, 0.3) is 11.0 Å². The summed E-state index contributed by atoms with van der Waals surface area (Å²) >= 11 is 1.58. The van der Waals surface area contributed by atoms with Crippen LogP contribution in [0.5, 0.6) is 0 Å². The number of hydrogen-bond acceptors (Lipinski definition) is 3. The molecule has 4 nitrogen and oxygen atoms in total. The molecule has 3 rings (SSSR count). The SMILES string of the molecule is Cc1ccc(CNC(=O)CS[C@@H](C)c2nc3ccccc3[nH]2)cc1. The predicted molar refractivity (Wildman–Crippen MR) is 100.0 cm³/mol. The van der Waals surface area contributed by atoms with Crippen molar-refractivity contribution in [2.75, 3.05) is 5.75 Å². The average Bonchev–Trinajstić information content (AvgIpc) is 3.03. The Morgan fingerprint density at radius 3 is 2.71 bits per heavy atom. The summed E-state index contributed by atoms with van der Waals surface area (Å²) in [6, 6.07) is 16.2. The van der Waals surface area contributed by atoms with Crippen molar-refractivity contribution in [2.24, 2.45) is 0 Å². The highest BCUT2D eigenvalue weighted by Gasteiger charge is 2.13. The summed E-state index contributed by atoms with van der Waals surface area (Å²) in [6.07, 6.45) is 0. The van der Waals surface area contributed by atoms with E-state index in [-0.39, 0.29) is 11.2 Å². The van der Waals surface area contributed by atoms with E-state index in [4.69, 9.17) is 0 Å². The highest BCUT2D eigenvalue weighted by molar-refractivity contribution is 8.00. The second-order valence-corrected chi connectivity index (χ2v) is 7.18. The number of H-pyrrole nitrogens is 1. The lowest BCUT2D eigenvalue weighted by atomic mass is 10.1. The van der Waals surface area contributed by atoms with Crippen LogP contribution in [0.2, 0.25) is 0 Å². The fraction of sp³-hybridized carbons (Fsp3) is 0.263. The first kappa shape index (κ1) is 16.6. The smallest absolute Gasteiger partial charge is 0.230 e. The minimum absolute atomic E-state index is 0.0449. The number of thioether (sulfide) groups is 1. The number of aryl methyl sites for hydroxylation is 1. The molecule has 0 aliphatic rings. The van der Waals surface area contributed by atoms with Crippen molar-refractivity contribution in [1.29, 1.82) is 0 Å². The van der Waals surface area contributed by atoms with Crippen LogP contribution in [0.3, 0.4) is 0 Å². The van der Waals surface area contributed by atoms with E-state index in [0.717, 1.165) is 22.4 Å². The zero-order valence-electron chi connectivity index (χ0n) is 13.9. The number of amides is 1. The van der Waals surface area contributed by atoms with E-state index in [0.29, 0.717) is 12.3 Å². The van der Waals surface area contributed by atoms with Crippen molar-refractivity contribution in [1.82, 2.24) is 15.3 Å². The quantitative estimate of drug-likeness (QED) is 0.714. The molecule has 0 unspecified atom stereocenters. The molecular weight excluding hydrogens is 318 g/mol. The van der Waals surface area contributed by atoms with Crippen molar-refractivity contribution in [3.05, 3.63) is 65.5 Å². The van der Waals surface area contributed by atoms with Crippen molar-refractivity contribution in [2.45, 2.75) is 25.6 Å². The molecule has 5 heteroatoms. The van der Waals surface area contributed by atoms with Gasteiger partial charge >= 0.3 is 0 Å². The lowest BCUT2D eigenvalue weighted by molar-refractivity contribution is -0.118. The maximum absolute atomic E-state index is 12.0. The van der Waals surface area contributed by atoms with Gasteiger partial charge in [-0.05, 0) is 31.5 Å². The van der Waals surface area contributed by atoms with Gasteiger partial charge in [0.15, 0.2) is 0 Å². The van der Waals surface area contributed by atoms with E-state index >= 15 is 0 Å². The predicted octanol–water partition coefficient (Wildman–Crippen LogP) is 3.98. The molecule has 0 saturated carbocycles. The van der Waals surface area contributed by atoms with Gasteiger partial charge in [-0.3, -0.25) is 4.79 Å². The molecule has 0 radical (unpaired) electrons. The number of para-hydroxylation sites is 2. The summed E-state index contributed by atoms with van der Waals surface area (Å²) in [6.45, 7) is 4.69. The second kappa shape index (κ2) is 7.53. The van der Waals surface area contributed by atoms with Crippen molar-refractivity contribution >= 4 is 28.7 Å². The van der Waals surface area contributed by atoms with Crippen LogP contribution in [0.15, 0.2) is 48.5 Å². The van der Waals surface area contributed by atoms with Crippen LogP contribution in [-0.4, -0.2) is 21.6 Å². The summed E-state index contributed by atoms with van der Waals surface area (Å²) in [7, 11) is 0. The summed E-state index contributed by atoms with van der Waals surface area (Å²) in [5, 5.41) is 3.10. The fourth-order valence-electron chi connectivity index (χ4n) is 2.40. The van der Waals surface area contributed by atoms with Crippen LogP contribution in [-0.2, 0) is 11.3 Å². The number of nitrogens with one attached hydrogen (secondary N) is 2. The average molecular weight is 339 g/mol. The van der Waals surface area contributed by atoms with Gasteiger partial charge in [0.1, 0.15) is 5.82 Å². The number of aromatic amines is 1. The van der Waals surface area contributed by atoms with Gasteiger partial charge < -0.3 is 10.3 Å². The molecule has 1 atom stereocenters. The van der Waals surface area contributed by atoms with Crippen molar-refractivity contribution in [3.63, 3.8) is 0 Å². The number of imidazole rings is 1. The molecule has 0 fully saturated rings. The molecule has 0 spiro atoms. The van der Waals surface area contributed by atoms with Gasteiger partial charge in [0.25, 0.3) is 0 Å². The monoisotopic (exact) mass is 339 g/mol. The molecule has 3 aromatic rings. The van der Waals surface area contributed by atoms with Crippen LogP contribution in [0, 0.1) is 6.92 Å². The van der Waals surface area contributed by atoms with Gasteiger partial charge in [0.2, 0.25) is 5.91 Å². The minimum atomic E-state index is 0.0449. The molecule has 2 N–H and O–H groups in total. The number of fused-ring (bicyclic) bond motifs is 1. The number of carbonyl (C=O) groups is 1. The maximum Gasteiger partial charge on any atom is 0.230 e. The van der Waals surface area contributed by atoms with Gasteiger partial charge in [0, 0.05) is 6.54 Å². The molecule has 24 heavy (non-hydrogen) atoms. The first-order valence-electron chi connectivity index (χ1n) is 8.00. The Morgan fingerprint density at radius 1 is 1.21 bits per heavy atom. The Kier molecular flexibility index (Phi) is 5.20. The summed E-state index contributed by atoms with van der Waals surface area (Å²) in [5.41, 5.74) is 4.33. The van der Waals surface area contributed by atoms with Gasteiger partial charge in [0.05, 0.1) is 22.0 Å². The van der Waals surface area contributed by atoms with E-state index in [1.807, 2.05) is 36.4 Å². The van der Waals surface area contributed by atoms with Crippen molar-refractivity contribution in [3.8, 4) is 0 Å². The molecule has 0 bridgehead atoms. The first-order valence-corrected chi connectivity index (χ1v) is 9.05. The molecule has 1 heterocycles. The molecule has 2 aromatic carbocycles. The molecule has 1 aromatic heterocycles. The third-order valence-electron chi connectivity index (χ3n) is 3.87. The summed E-state index contributed by atoms with van der Waals surface area (Å²) in [4.78, 5) is 19.9. The van der Waals surface area contributed by atoms with Gasteiger partial charge in [-0.1, -0.05) is 42.0 Å². The Balaban J connectivity index is 1.49. The largest absolute Gasteiger partial charge is 0.351 e. The van der Waals surface area contributed by atoms with E-state index in [1.165, 1.54) is 5.56 Å². The zero-order valence-corrected chi connectivity index (χ0v) is 14.7. The number of nitrogens with zero attached hydrogens (tertiary/aromatic N) is 1. The number of carbonyl (C=O) groups excluding carboxylic acids is 1. The van der Waals surface area contributed by atoms with E-state index in [1.54, 1.807) is 11.8 Å². The Labute approximate surface area is 146 Å². The molecule has 0 aliphatic heterocycles. The van der Waals surface area contributed by atoms with Crippen LogP contribution in [0.1, 0.15) is 29.1 Å². The van der Waals surface area contributed by atoms with E-state index < -0.39 is 0 Å². The topological polar surface area (TPSA) is 57.8 Å². The molecule has 124 valence electrons. The standard InChI is InChI=1S/C19H21N3OS/c1-13-7-9-15(10-8-13)11-20-18(23)12-24-14(2)19-21-16-5-3-4-6-17(16)22-19/h3-10,14H,11-12H2,1-2H3,(H,20,23)(H,21,22)/t14-/m0/s1.